The average molecular weight is 390 g/mol. The molecule has 3 aromatic rings. The lowest BCUT2D eigenvalue weighted by atomic mass is 10.1. The molecule has 0 radical (unpaired) electrons. The monoisotopic (exact) mass is 389 g/mol. The summed E-state index contributed by atoms with van der Waals surface area (Å²) in [5.41, 5.74) is 2.57. The zero-order chi connectivity index (χ0) is 17.1. The molecule has 0 saturated heterocycles. The van der Waals surface area contributed by atoms with Crippen molar-refractivity contribution < 1.29 is 9.13 Å². The smallest absolute Gasteiger partial charge is 0.203 e. The molecule has 24 heavy (non-hydrogen) atoms. The Bertz CT molecular complexity index is 826. The van der Waals surface area contributed by atoms with Crippen molar-refractivity contribution in [2.75, 3.05) is 12.4 Å². The zero-order valence-electron chi connectivity index (χ0n) is 13.4. The van der Waals surface area contributed by atoms with E-state index in [4.69, 9.17) is 4.74 Å². The molecule has 0 atom stereocenters. The van der Waals surface area contributed by atoms with Gasteiger partial charge in [-0.25, -0.2) is 9.37 Å². The minimum atomic E-state index is -0.249. The standard InChI is InChI=1S/C18H17BrFN3O/c1-23-17(12-6-8-13(24-2)9-7-12)11-22-18(23)21-10-14-15(19)4-3-5-16(14)20/h3-9,11H,10H2,1-2H3,(H,21,22). The number of anilines is 1. The number of rotatable bonds is 5. The Morgan fingerprint density at radius 2 is 1.96 bits per heavy atom. The van der Waals surface area contributed by atoms with Gasteiger partial charge in [-0.3, -0.25) is 0 Å². The molecule has 0 bridgehead atoms. The lowest BCUT2D eigenvalue weighted by Gasteiger charge is -2.10. The van der Waals surface area contributed by atoms with Gasteiger partial charge in [-0.15, -0.1) is 0 Å². The van der Waals surface area contributed by atoms with E-state index in [1.54, 1.807) is 19.4 Å². The third-order valence-corrected chi connectivity index (χ3v) is 4.60. The molecule has 1 heterocycles. The summed E-state index contributed by atoms with van der Waals surface area (Å²) in [5, 5.41) is 3.18. The first-order valence-corrected chi connectivity index (χ1v) is 8.22. The van der Waals surface area contributed by atoms with Crippen LogP contribution in [0.5, 0.6) is 5.75 Å². The van der Waals surface area contributed by atoms with Crippen LogP contribution in [0.4, 0.5) is 10.3 Å². The minimum absolute atomic E-state index is 0.249. The summed E-state index contributed by atoms with van der Waals surface area (Å²) in [5.74, 6) is 1.24. The van der Waals surface area contributed by atoms with Gasteiger partial charge in [0.2, 0.25) is 5.95 Å². The molecule has 0 fully saturated rings. The van der Waals surface area contributed by atoms with Crippen LogP contribution in [0.25, 0.3) is 11.3 Å². The summed E-state index contributed by atoms with van der Waals surface area (Å²) in [4.78, 5) is 4.39. The van der Waals surface area contributed by atoms with E-state index in [9.17, 15) is 4.39 Å². The minimum Gasteiger partial charge on any atom is -0.497 e. The van der Waals surface area contributed by atoms with Crippen molar-refractivity contribution in [3.05, 3.63) is 64.5 Å². The lowest BCUT2D eigenvalue weighted by Crippen LogP contribution is -2.07. The molecule has 6 heteroatoms. The quantitative estimate of drug-likeness (QED) is 0.692. The molecule has 124 valence electrons. The van der Waals surface area contributed by atoms with Crippen molar-refractivity contribution in [3.8, 4) is 17.0 Å². The number of hydrogen-bond acceptors (Lipinski definition) is 3. The van der Waals surface area contributed by atoms with Crippen LogP contribution in [0.1, 0.15) is 5.56 Å². The van der Waals surface area contributed by atoms with Crippen molar-refractivity contribution in [2.45, 2.75) is 6.54 Å². The van der Waals surface area contributed by atoms with E-state index in [1.165, 1.54) is 6.07 Å². The van der Waals surface area contributed by atoms with E-state index in [0.29, 0.717) is 18.1 Å². The number of hydrogen-bond donors (Lipinski definition) is 1. The van der Waals surface area contributed by atoms with Crippen molar-refractivity contribution in [2.24, 2.45) is 7.05 Å². The molecule has 3 rings (SSSR count). The predicted octanol–water partition coefficient (Wildman–Crippen LogP) is 4.61. The number of aromatic nitrogens is 2. The van der Waals surface area contributed by atoms with E-state index < -0.39 is 0 Å². The summed E-state index contributed by atoms with van der Waals surface area (Å²) in [6.07, 6.45) is 1.79. The highest BCUT2D eigenvalue weighted by Gasteiger charge is 2.11. The van der Waals surface area contributed by atoms with Crippen LogP contribution in [0.3, 0.4) is 0 Å². The zero-order valence-corrected chi connectivity index (χ0v) is 15.0. The second-order valence-electron chi connectivity index (χ2n) is 5.31. The van der Waals surface area contributed by atoms with Gasteiger partial charge in [0.15, 0.2) is 0 Å². The molecule has 0 aliphatic carbocycles. The molecule has 4 nitrogen and oxygen atoms in total. The van der Waals surface area contributed by atoms with E-state index in [1.807, 2.05) is 41.9 Å². The largest absolute Gasteiger partial charge is 0.497 e. The van der Waals surface area contributed by atoms with Crippen LogP contribution in [0.2, 0.25) is 0 Å². The first kappa shape index (κ1) is 16.5. The summed E-state index contributed by atoms with van der Waals surface area (Å²) in [6, 6.07) is 12.7. The van der Waals surface area contributed by atoms with Gasteiger partial charge in [0.05, 0.1) is 19.0 Å². The van der Waals surface area contributed by atoms with Crippen LogP contribution in [-0.4, -0.2) is 16.7 Å². The number of halogens is 2. The molecule has 0 aliphatic heterocycles. The van der Waals surface area contributed by atoms with Crippen molar-refractivity contribution in [3.63, 3.8) is 0 Å². The first-order chi connectivity index (χ1) is 11.6. The Labute approximate surface area is 148 Å². The second kappa shape index (κ2) is 7.05. The third kappa shape index (κ3) is 3.28. The Kier molecular flexibility index (Phi) is 4.85. The van der Waals surface area contributed by atoms with Gasteiger partial charge in [0.25, 0.3) is 0 Å². The highest BCUT2D eigenvalue weighted by molar-refractivity contribution is 9.10. The van der Waals surface area contributed by atoms with Crippen LogP contribution in [0, 0.1) is 5.82 Å². The number of nitrogens with one attached hydrogen (secondary N) is 1. The molecule has 0 unspecified atom stereocenters. The molecular weight excluding hydrogens is 373 g/mol. The third-order valence-electron chi connectivity index (χ3n) is 3.86. The average Bonchev–Trinajstić information content (AvgIpc) is 2.95. The number of imidazole rings is 1. The molecule has 0 aliphatic rings. The van der Waals surface area contributed by atoms with E-state index in [-0.39, 0.29) is 5.82 Å². The fraction of sp³-hybridized carbons (Fsp3) is 0.167. The molecule has 0 spiro atoms. The Morgan fingerprint density at radius 3 is 2.62 bits per heavy atom. The van der Waals surface area contributed by atoms with E-state index in [2.05, 4.69) is 26.2 Å². The van der Waals surface area contributed by atoms with E-state index in [0.717, 1.165) is 21.5 Å². The van der Waals surface area contributed by atoms with Crippen molar-refractivity contribution >= 4 is 21.9 Å². The Hall–Kier alpha value is -2.34. The summed E-state index contributed by atoms with van der Waals surface area (Å²) < 4.78 is 21.7. The van der Waals surface area contributed by atoms with Gasteiger partial charge in [0.1, 0.15) is 11.6 Å². The van der Waals surface area contributed by atoms with Crippen LogP contribution in [-0.2, 0) is 13.6 Å². The van der Waals surface area contributed by atoms with Crippen LogP contribution >= 0.6 is 15.9 Å². The maximum absolute atomic E-state index is 13.9. The van der Waals surface area contributed by atoms with Crippen LogP contribution < -0.4 is 10.1 Å². The van der Waals surface area contributed by atoms with Crippen LogP contribution in [0.15, 0.2) is 53.1 Å². The molecule has 0 saturated carbocycles. The van der Waals surface area contributed by atoms with Crippen molar-refractivity contribution in [1.82, 2.24) is 9.55 Å². The second-order valence-corrected chi connectivity index (χ2v) is 6.16. The molecule has 2 aromatic carbocycles. The van der Waals surface area contributed by atoms with Gasteiger partial charge < -0.3 is 14.6 Å². The maximum atomic E-state index is 13.9. The number of methoxy groups -OCH3 is 1. The lowest BCUT2D eigenvalue weighted by molar-refractivity contribution is 0.415. The number of nitrogens with zero attached hydrogens (tertiary/aromatic N) is 2. The molecular formula is C18H17BrFN3O. The topological polar surface area (TPSA) is 39.1 Å². The SMILES string of the molecule is COc1ccc(-c2cnc(NCc3c(F)cccc3Br)n2C)cc1. The Balaban J connectivity index is 1.80. The Morgan fingerprint density at radius 1 is 1.21 bits per heavy atom. The van der Waals surface area contributed by atoms with Gasteiger partial charge in [0, 0.05) is 29.2 Å². The normalized spacial score (nSPS) is 10.7. The summed E-state index contributed by atoms with van der Waals surface area (Å²) >= 11 is 3.38. The molecule has 0 amide bonds. The van der Waals surface area contributed by atoms with Gasteiger partial charge in [-0.1, -0.05) is 22.0 Å². The highest BCUT2D eigenvalue weighted by atomic mass is 79.9. The summed E-state index contributed by atoms with van der Waals surface area (Å²) in [6.45, 7) is 0.347. The van der Waals surface area contributed by atoms with Gasteiger partial charge in [-0.2, -0.15) is 0 Å². The fourth-order valence-electron chi connectivity index (χ4n) is 2.47. The predicted molar refractivity (Wildman–Crippen MR) is 96.6 cm³/mol. The highest BCUT2D eigenvalue weighted by Crippen LogP contribution is 2.25. The van der Waals surface area contributed by atoms with Crippen molar-refractivity contribution in [1.29, 1.82) is 0 Å². The molecule has 1 aromatic heterocycles. The van der Waals surface area contributed by atoms with E-state index >= 15 is 0 Å². The number of ether oxygens (including phenoxy) is 1. The first-order valence-electron chi connectivity index (χ1n) is 7.43. The van der Waals surface area contributed by atoms with Gasteiger partial charge >= 0.3 is 0 Å². The number of benzene rings is 2. The fourth-order valence-corrected chi connectivity index (χ4v) is 2.95. The molecule has 1 N–H and O–H groups in total. The summed E-state index contributed by atoms with van der Waals surface area (Å²) in [7, 11) is 3.56. The maximum Gasteiger partial charge on any atom is 0.203 e. The van der Waals surface area contributed by atoms with Gasteiger partial charge in [-0.05, 0) is 36.4 Å².